The molecule has 0 aliphatic carbocycles. The topological polar surface area (TPSA) is 48.5 Å². The predicted molar refractivity (Wildman–Crippen MR) is 86.1 cm³/mol. The molecule has 2 bridgehead atoms. The Morgan fingerprint density at radius 3 is 3.05 bits per heavy atom. The number of rotatable bonds is 3. The molecule has 0 saturated carbocycles. The van der Waals surface area contributed by atoms with Gasteiger partial charge in [0.2, 0.25) is 5.91 Å². The van der Waals surface area contributed by atoms with Crippen LogP contribution in [-0.2, 0) is 4.79 Å². The van der Waals surface area contributed by atoms with Gasteiger partial charge in [-0.05, 0) is 37.9 Å². The van der Waals surface area contributed by atoms with Gasteiger partial charge in [0, 0.05) is 36.3 Å². The molecule has 4 rings (SSSR count). The first kappa shape index (κ1) is 14.9. The van der Waals surface area contributed by atoms with E-state index in [9.17, 15) is 4.79 Å². The summed E-state index contributed by atoms with van der Waals surface area (Å²) in [5.41, 5.74) is 0. The Labute approximate surface area is 133 Å². The standard InChI is InChI=1S/C15H21BrN4O/c1-19-7-11-2-3-13(19)9-20(8-11)10-15(21)18-14-6-12(16)4-5-17-14/h4-6,11,13H,2-3,7-10H2,1H3,(H,17,18,21). The number of piperidine rings is 1. The maximum Gasteiger partial charge on any atom is 0.239 e. The minimum absolute atomic E-state index is 0.0181. The molecule has 3 aliphatic rings. The van der Waals surface area contributed by atoms with Crippen LogP contribution in [0.2, 0.25) is 0 Å². The van der Waals surface area contributed by atoms with Gasteiger partial charge < -0.3 is 10.2 Å². The number of halogens is 1. The van der Waals surface area contributed by atoms with Gasteiger partial charge in [-0.1, -0.05) is 15.9 Å². The van der Waals surface area contributed by atoms with E-state index in [2.05, 4.69) is 43.1 Å². The van der Waals surface area contributed by atoms with Gasteiger partial charge in [-0.2, -0.15) is 0 Å². The number of hydrogen-bond donors (Lipinski definition) is 1. The molecule has 1 amide bonds. The summed E-state index contributed by atoms with van der Waals surface area (Å²) in [4.78, 5) is 21.1. The summed E-state index contributed by atoms with van der Waals surface area (Å²) in [5.74, 6) is 1.32. The first-order valence-corrected chi connectivity index (χ1v) is 8.23. The number of nitrogens with one attached hydrogen (secondary N) is 1. The van der Waals surface area contributed by atoms with Crippen molar-refractivity contribution in [3.05, 3.63) is 22.8 Å². The van der Waals surface area contributed by atoms with E-state index in [4.69, 9.17) is 0 Å². The van der Waals surface area contributed by atoms with Crippen LogP contribution in [0.15, 0.2) is 22.8 Å². The Kier molecular flexibility index (Phi) is 4.57. The van der Waals surface area contributed by atoms with Crippen molar-refractivity contribution in [2.75, 3.05) is 38.5 Å². The van der Waals surface area contributed by atoms with Crippen molar-refractivity contribution >= 4 is 27.7 Å². The second kappa shape index (κ2) is 6.42. The predicted octanol–water partition coefficient (Wildman–Crippen LogP) is 1.81. The highest BCUT2D eigenvalue weighted by Crippen LogP contribution is 2.26. The van der Waals surface area contributed by atoms with Crippen LogP contribution >= 0.6 is 15.9 Å². The molecule has 114 valence electrons. The fraction of sp³-hybridized carbons (Fsp3) is 0.600. The Bertz CT molecular complexity index is 524. The lowest BCUT2D eigenvalue weighted by molar-refractivity contribution is -0.117. The van der Waals surface area contributed by atoms with E-state index < -0.39 is 0 Å². The number of anilines is 1. The maximum atomic E-state index is 12.2. The third-order valence-corrected chi connectivity index (χ3v) is 4.91. The van der Waals surface area contributed by atoms with E-state index in [-0.39, 0.29) is 5.91 Å². The molecule has 6 heteroatoms. The van der Waals surface area contributed by atoms with E-state index in [1.807, 2.05) is 12.1 Å². The quantitative estimate of drug-likeness (QED) is 0.901. The summed E-state index contributed by atoms with van der Waals surface area (Å²) in [6, 6.07) is 4.26. The Morgan fingerprint density at radius 2 is 2.29 bits per heavy atom. The van der Waals surface area contributed by atoms with Crippen molar-refractivity contribution in [1.29, 1.82) is 0 Å². The molecule has 3 aliphatic heterocycles. The van der Waals surface area contributed by atoms with Crippen LogP contribution in [0.1, 0.15) is 12.8 Å². The van der Waals surface area contributed by atoms with Gasteiger partial charge >= 0.3 is 0 Å². The van der Waals surface area contributed by atoms with Gasteiger partial charge in [0.05, 0.1) is 6.54 Å². The van der Waals surface area contributed by atoms with Crippen LogP contribution in [0.3, 0.4) is 0 Å². The van der Waals surface area contributed by atoms with Crippen LogP contribution in [-0.4, -0.2) is 60.0 Å². The van der Waals surface area contributed by atoms with E-state index >= 15 is 0 Å². The molecule has 0 spiro atoms. The number of hydrogen-bond acceptors (Lipinski definition) is 4. The highest BCUT2D eigenvalue weighted by atomic mass is 79.9. The second-order valence-electron chi connectivity index (χ2n) is 6.14. The van der Waals surface area contributed by atoms with E-state index in [1.54, 1.807) is 6.20 Å². The molecule has 0 aromatic carbocycles. The number of pyridine rings is 1. The summed E-state index contributed by atoms with van der Waals surface area (Å²) < 4.78 is 0.919. The fourth-order valence-electron chi connectivity index (χ4n) is 3.40. The highest BCUT2D eigenvalue weighted by Gasteiger charge is 2.33. The number of amides is 1. The molecular formula is C15H21BrN4O. The van der Waals surface area contributed by atoms with Crippen LogP contribution < -0.4 is 5.32 Å². The zero-order valence-electron chi connectivity index (χ0n) is 12.3. The number of fused-ring (bicyclic) bond motifs is 4. The van der Waals surface area contributed by atoms with Gasteiger partial charge in [0.15, 0.2) is 0 Å². The van der Waals surface area contributed by atoms with E-state index in [0.717, 1.165) is 24.1 Å². The fourth-order valence-corrected chi connectivity index (χ4v) is 3.74. The first-order chi connectivity index (χ1) is 10.1. The summed E-state index contributed by atoms with van der Waals surface area (Å²) in [6.07, 6.45) is 4.23. The van der Waals surface area contributed by atoms with Crippen molar-refractivity contribution in [2.45, 2.75) is 18.9 Å². The lowest BCUT2D eigenvalue weighted by Gasteiger charge is -2.32. The Morgan fingerprint density at radius 1 is 1.43 bits per heavy atom. The van der Waals surface area contributed by atoms with Gasteiger partial charge in [-0.3, -0.25) is 9.69 Å². The monoisotopic (exact) mass is 352 g/mol. The van der Waals surface area contributed by atoms with Gasteiger partial charge in [-0.15, -0.1) is 0 Å². The lowest BCUT2D eigenvalue weighted by Crippen LogP contribution is -2.42. The SMILES string of the molecule is CN1CC2CCC1CN(CC(=O)Nc1cc(Br)ccn1)C2. The van der Waals surface area contributed by atoms with E-state index in [1.165, 1.54) is 12.8 Å². The average molecular weight is 353 g/mol. The normalized spacial score (nSPS) is 26.6. The van der Waals surface area contributed by atoms with E-state index in [0.29, 0.717) is 24.3 Å². The van der Waals surface area contributed by atoms with Crippen molar-refractivity contribution in [3.8, 4) is 0 Å². The maximum absolute atomic E-state index is 12.2. The number of carbonyl (C=O) groups excluding carboxylic acids is 1. The zero-order valence-corrected chi connectivity index (χ0v) is 13.8. The Balaban J connectivity index is 1.57. The largest absolute Gasteiger partial charge is 0.310 e. The van der Waals surface area contributed by atoms with Crippen molar-refractivity contribution in [3.63, 3.8) is 0 Å². The molecule has 2 atom stereocenters. The minimum Gasteiger partial charge on any atom is -0.310 e. The zero-order chi connectivity index (χ0) is 14.8. The van der Waals surface area contributed by atoms with Crippen LogP contribution in [0.4, 0.5) is 5.82 Å². The van der Waals surface area contributed by atoms with Crippen molar-refractivity contribution in [2.24, 2.45) is 5.92 Å². The number of aromatic nitrogens is 1. The molecule has 4 heterocycles. The van der Waals surface area contributed by atoms with Crippen molar-refractivity contribution < 1.29 is 4.79 Å². The molecule has 5 nitrogen and oxygen atoms in total. The summed E-state index contributed by atoms with van der Waals surface area (Å²) >= 11 is 3.38. The summed E-state index contributed by atoms with van der Waals surface area (Å²) in [5, 5.41) is 2.88. The Hall–Kier alpha value is -0.980. The highest BCUT2D eigenvalue weighted by molar-refractivity contribution is 9.10. The number of likely N-dealkylation sites (N-methyl/N-ethyl adjacent to an activating group) is 1. The molecule has 1 aromatic heterocycles. The smallest absolute Gasteiger partial charge is 0.239 e. The third-order valence-electron chi connectivity index (χ3n) is 4.42. The average Bonchev–Trinajstić information content (AvgIpc) is 2.68. The third kappa shape index (κ3) is 3.81. The molecule has 0 radical (unpaired) electrons. The molecule has 3 saturated heterocycles. The molecule has 1 aromatic rings. The number of carbonyl (C=O) groups is 1. The van der Waals surface area contributed by atoms with Crippen LogP contribution in [0.25, 0.3) is 0 Å². The van der Waals surface area contributed by atoms with Crippen molar-refractivity contribution in [1.82, 2.24) is 14.8 Å². The van der Waals surface area contributed by atoms with Crippen LogP contribution in [0.5, 0.6) is 0 Å². The molecule has 2 unspecified atom stereocenters. The van der Waals surface area contributed by atoms with Gasteiger partial charge in [-0.25, -0.2) is 4.98 Å². The molecule has 21 heavy (non-hydrogen) atoms. The first-order valence-electron chi connectivity index (χ1n) is 7.44. The lowest BCUT2D eigenvalue weighted by atomic mass is 9.96. The second-order valence-corrected chi connectivity index (χ2v) is 7.05. The summed E-state index contributed by atoms with van der Waals surface area (Å²) in [7, 11) is 2.20. The number of nitrogens with zero attached hydrogens (tertiary/aromatic N) is 3. The van der Waals surface area contributed by atoms with Gasteiger partial charge in [0.25, 0.3) is 0 Å². The molecule has 1 N–H and O–H groups in total. The van der Waals surface area contributed by atoms with Gasteiger partial charge in [0.1, 0.15) is 5.82 Å². The van der Waals surface area contributed by atoms with Crippen LogP contribution in [0, 0.1) is 5.92 Å². The molecule has 3 fully saturated rings. The molecular weight excluding hydrogens is 332 g/mol. The minimum atomic E-state index is 0.0181. The summed E-state index contributed by atoms with van der Waals surface area (Å²) in [6.45, 7) is 3.64.